The average Bonchev–Trinajstić information content (AvgIpc) is 3.50. The topological polar surface area (TPSA) is 102 Å². The Labute approximate surface area is 228 Å². The maximum atomic E-state index is 13.9. The SMILES string of the molecule is COc1ccc(CCN2C(=O)C3NNC(c4cc(C)ccc4O)C3C2c2ccc(OC)c(OC)c2)cc1OC. The van der Waals surface area contributed by atoms with Crippen LogP contribution in [0.3, 0.4) is 0 Å². The minimum atomic E-state index is -0.460. The van der Waals surface area contributed by atoms with Crippen molar-refractivity contribution in [3.63, 3.8) is 0 Å². The molecule has 2 saturated heterocycles. The molecule has 0 aromatic heterocycles. The molecule has 39 heavy (non-hydrogen) atoms. The molecule has 206 valence electrons. The van der Waals surface area contributed by atoms with Crippen LogP contribution in [0.1, 0.15) is 34.3 Å². The molecule has 2 aliphatic rings. The molecule has 0 radical (unpaired) electrons. The number of carbonyl (C=O) groups excluding carboxylic acids is 1. The van der Waals surface area contributed by atoms with Crippen molar-refractivity contribution in [2.45, 2.75) is 31.5 Å². The summed E-state index contributed by atoms with van der Waals surface area (Å²) in [5, 5.41) is 10.8. The highest BCUT2D eigenvalue weighted by Crippen LogP contribution is 2.49. The minimum absolute atomic E-state index is 0.00223. The van der Waals surface area contributed by atoms with Crippen molar-refractivity contribution in [3.05, 3.63) is 76.9 Å². The highest BCUT2D eigenvalue weighted by atomic mass is 16.5. The van der Waals surface area contributed by atoms with Gasteiger partial charge in [0.25, 0.3) is 0 Å². The van der Waals surface area contributed by atoms with E-state index in [2.05, 4.69) is 10.9 Å². The number of phenols is 1. The number of aromatic hydroxyl groups is 1. The number of phenolic OH excluding ortho intramolecular Hbond substituents is 1. The summed E-state index contributed by atoms with van der Waals surface area (Å²) >= 11 is 0. The first kappa shape index (κ1) is 26.6. The van der Waals surface area contributed by atoms with Gasteiger partial charge in [0, 0.05) is 18.0 Å². The summed E-state index contributed by atoms with van der Waals surface area (Å²) in [6, 6.07) is 16.1. The van der Waals surface area contributed by atoms with E-state index in [1.165, 1.54) is 0 Å². The first-order valence-electron chi connectivity index (χ1n) is 12.9. The standard InChI is InChI=1S/C30H35N3O6/c1-17-6-9-21(34)20(14-17)27-26-28(32-31-27)30(35)33(13-12-18-7-10-22(36-2)24(15-18)38-4)29(26)19-8-11-23(37-3)25(16-19)39-5/h6-11,14-16,26-29,31-32,34H,12-13H2,1-5H3. The number of nitrogens with zero attached hydrogens (tertiary/aromatic N) is 1. The van der Waals surface area contributed by atoms with Crippen molar-refractivity contribution < 1.29 is 28.8 Å². The molecule has 1 amide bonds. The molecule has 3 aromatic carbocycles. The predicted octanol–water partition coefficient (Wildman–Crippen LogP) is 3.69. The van der Waals surface area contributed by atoms with Crippen LogP contribution >= 0.6 is 0 Å². The number of amides is 1. The number of benzene rings is 3. The number of hydrogen-bond acceptors (Lipinski definition) is 8. The summed E-state index contributed by atoms with van der Waals surface area (Å²) in [6.07, 6.45) is 0.628. The first-order valence-corrected chi connectivity index (χ1v) is 12.9. The lowest BCUT2D eigenvalue weighted by atomic mass is 9.82. The lowest BCUT2D eigenvalue weighted by Crippen LogP contribution is -2.42. The Morgan fingerprint density at radius 1 is 0.795 bits per heavy atom. The Balaban J connectivity index is 1.53. The number of ether oxygens (including phenoxy) is 4. The highest BCUT2D eigenvalue weighted by Gasteiger charge is 2.55. The largest absolute Gasteiger partial charge is 0.508 e. The molecule has 2 aliphatic heterocycles. The number of nitrogens with one attached hydrogen (secondary N) is 2. The zero-order valence-electron chi connectivity index (χ0n) is 22.9. The van der Waals surface area contributed by atoms with Crippen LogP contribution in [0.4, 0.5) is 0 Å². The second-order valence-electron chi connectivity index (χ2n) is 9.91. The van der Waals surface area contributed by atoms with E-state index in [0.717, 1.165) is 22.3 Å². The summed E-state index contributed by atoms with van der Waals surface area (Å²) in [5.74, 6) is 2.54. The van der Waals surface area contributed by atoms with Gasteiger partial charge in [0.2, 0.25) is 5.91 Å². The van der Waals surface area contributed by atoms with Crippen LogP contribution in [-0.2, 0) is 11.2 Å². The summed E-state index contributed by atoms with van der Waals surface area (Å²) in [5.41, 5.74) is 10.3. The summed E-state index contributed by atoms with van der Waals surface area (Å²) in [7, 11) is 6.42. The lowest BCUT2D eigenvalue weighted by Gasteiger charge is -2.32. The third-order valence-electron chi connectivity index (χ3n) is 7.77. The normalized spacial score (nSPS) is 22.1. The van der Waals surface area contributed by atoms with Crippen molar-refractivity contribution in [1.29, 1.82) is 0 Å². The van der Waals surface area contributed by atoms with Crippen LogP contribution in [0.2, 0.25) is 0 Å². The number of hydrogen-bond donors (Lipinski definition) is 3. The van der Waals surface area contributed by atoms with Gasteiger partial charge >= 0.3 is 0 Å². The number of rotatable bonds is 9. The summed E-state index contributed by atoms with van der Waals surface area (Å²) < 4.78 is 21.9. The summed E-state index contributed by atoms with van der Waals surface area (Å²) in [4.78, 5) is 15.8. The third kappa shape index (κ3) is 4.84. The molecule has 5 rings (SSSR count). The van der Waals surface area contributed by atoms with Gasteiger partial charge < -0.3 is 29.0 Å². The van der Waals surface area contributed by atoms with Crippen LogP contribution in [0.5, 0.6) is 28.7 Å². The zero-order valence-corrected chi connectivity index (χ0v) is 22.9. The molecule has 3 N–H and O–H groups in total. The molecule has 0 bridgehead atoms. The van der Waals surface area contributed by atoms with Gasteiger partial charge in [-0.25, -0.2) is 10.9 Å². The van der Waals surface area contributed by atoms with E-state index in [-0.39, 0.29) is 29.7 Å². The quantitative estimate of drug-likeness (QED) is 0.383. The summed E-state index contributed by atoms with van der Waals surface area (Å²) in [6.45, 7) is 2.48. The van der Waals surface area contributed by atoms with Gasteiger partial charge in [-0.05, 0) is 54.8 Å². The fourth-order valence-corrected chi connectivity index (χ4v) is 5.86. The van der Waals surface area contributed by atoms with Crippen molar-refractivity contribution in [2.24, 2.45) is 5.92 Å². The molecular formula is C30H35N3O6. The van der Waals surface area contributed by atoms with E-state index in [4.69, 9.17) is 18.9 Å². The maximum Gasteiger partial charge on any atom is 0.242 e. The Hall–Kier alpha value is -3.95. The van der Waals surface area contributed by atoms with E-state index in [1.54, 1.807) is 34.5 Å². The van der Waals surface area contributed by atoms with Gasteiger partial charge in [-0.15, -0.1) is 0 Å². The Kier molecular flexibility index (Phi) is 7.54. The van der Waals surface area contributed by atoms with Crippen molar-refractivity contribution in [3.8, 4) is 28.7 Å². The van der Waals surface area contributed by atoms with Gasteiger partial charge in [-0.3, -0.25) is 4.79 Å². The smallest absolute Gasteiger partial charge is 0.242 e. The molecule has 0 spiro atoms. The van der Waals surface area contributed by atoms with Gasteiger partial charge in [-0.2, -0.15) is 0 Å². The number of hydrazine groups is 1. The number of aryl methyl sites for hydroxylation is 1. The van der Waals surface area contributed by atoms with Crippen molar-refractivity contribution >= 4 is 5.91 Å². The zero-order chi connectivity index (χ0) is 27.7. The van der Waals surface area contributed by atoms with E-state index in [9.17, 15) is 9.90 Å². The first-order chi connectivity index (χ1) is 18.9. The number of carbonyl (C=O) groups is 1. The molecule has 9 heteroatoms. The second-order valence-corrected chi connectivity index (χ2v) is 9.91. The Morgan fingerprint density at radius 3 is 2.13 bits per heavy atom. The van der Waals surface area contributed by atoms with Gasteiger partial charge in [0.1, 0.15) is 11.8 Å². The van der Waals surface area contributed by atoms with Gasteiger partial charge in [-0.1, -0.05) is 29.8 Å². The molecule has 0 saturated carbocycles. The van der Waals surface area contributed by atoms with Gasteiger partial charge in [0.05, 0.1) is 40.5 Å². The highest BCUT2D eigenvalue weighted by molar-refractivity contribution is 5.86. The van der Waals surface area contributed by atoms with Crippen LogP contribution in [0, 0.1) is 12.8 Å². The van der Waals surface area contributed by atoms with Crippen LogP contribution < -0.4 is 29.8 Å². The van der Waals surface area contributed by atoms with Crippen LogP contribution in [-0.4, -0.2) is 56.9 Å². The molecule has 0 aliphatic carbocycles. The van der Waals surface area contributed by atoms with Crippen LogP contribution in [0.15, 0.2) is 54.6 Å². The lowest BCUT2D eigenvalue weighted by molar-refractivity contribution is -0.130. The minimum Gasteiger partial charge on any atom is -0.508 e. The maximum absolute atomic E-state index is 13.9. The van der Waals surface area contributed by atoms with E-state index >= 15 is 0 Å². The second kappa shape index (κ2) is 11.0. The number of likely N-dealkylation sites (tertiary alicyclic amines) is 1. The molecular weight excluding hydrogens is 498 g/mol. The molecule has 2 heterocycles. The molecule has 9 nitrogen and oxygen atoms in total. The van der Waals surface area contributed by atoms with Crippen molar-refractivity contribution in [2.75, 3.05) is 35.0 Å². The van der Waals surface area contributed by atoms with Crippen molar-refractivity contribution in [1.82, 2.24) is 15.8 Å². The van der Waals surface area contributed by atoms with E-state index in [0.29, 0.717) is 36.0 Å². The van der Waals surface area contributed by atoms with Crippen LogP contribution in [0.25, 0.3) is 0 Å². The number of fused-ring (bicyclic) bond motifs is 1. The van der Waals surface area contributed by atoms with E-state index in [1.807, 2.05) is 60.4 Å². The fourth-order valence-electron chi connectivity index (χ4n) is 5.86. The number of methoxy groups -OCH3 is 4. The van der Waals surface area contributed by atoms with E-state index < -0.39 is 6.04 Å². The molecule has 3 aromatic rings. The monoisotopic (exact) mass is 533 g/mol. The molecule has 4 atom stereocenters. The molecule has 2 fully saturated rings. The fraction of sp³-hybridized carbons (Fsp3) is 0.367. The Bertz CT molecular complexity index is 1360. The van der Waals surface area contributed by atoms with Gasteiger partial charge in [0.15, 0.2) is 23.0 Å². The predicted molar refractivity (Wildman–Crippen MR) is 146 cm³/mol. The Morgan fingerprint density at radius 2 is 1.44 bits per heavy atom. The average molecular weight is 534 g/mol. The third-order valence-corrected chi connectivity index (χ3v) is 7.77. The molecule has 4 unspecified atom stereocenters.